The van der Waals surface area contributed by atoms with Crippen LogP contribution in [0.25, 0.3) is 54.3 Å². The SMILES string of the molecule is CC1(C)c2ccccc2-c2ccc(N(c3cccc(-c4sc(-c5ccccc5)c5c4C(C)(c4ccccc4)c4ccccc4-5)c3)c3ccc4c(c3)C(C)(C)c3ccccc3-4)cc21. The number of benzene rings is 8. The number of hydrogen-bond donors (Lipinski definition) is 0. The highest BCUT2D eigenvalue weighted by molar-refractivity contribution is 7.19. The number of rotatable bonds is 6. The fraction of sp³-hybridized carbons (Fsp3) is 0.133. The molecule has 298 valence electrons. The van der Waals surface area contributed by atoms with Crippen molar-refractivity contribution in [2.75, 3.05) is 4.90 Å². The van der Waals surface area contributed by atoms with E-state index in [0.29, 0.717) is 0 Å². The number of anilines is 3. The molecule has 1 unspecified atom stereocenters. The zero-order valence-electron chi connectivity index (χ0n) is 35.8. The Kier molecular flexibility index (Phi) is 8.00. The van der Waals surface area contributed by atoms with Gasteiger partial charge in [-0.2, -0.15) is 0 Å². The summed E-state index contributed by atoms with van der Waals surface area (Å²) in [6, 6.07) is 72.9. The van der Waals surface area contributed by atoms with Crippen LogP contribution in [0.5, 0.6) is 0 Å². The predicted octanol–water partition coefficient (Wildman–Crippen LogP) is 16.5. The third-order valence-electron chi connectivity index (χ3n) is 14.5. The topological polar surface area (TPSA) is 3.24 Å². The van der Waals surface area contributed by atoms with Gasteiger partial charge in [0, 0.05) is 48.6 Å². The quantitative estimate of drug-likeness (QED) is 0.162. The molecule has 1 heterocycles. The van der Waals surface area contributed by atoms with Gasteiger partial charge in [-0.25, -0.2) is 0 Å². The Balaban J connectivity index is 1.09. The highest BCUT2D eigenvalue weighted by atomic mass is 32.1. The van der Waals surface area contributed by atoms with Gasteiger partial charge in [0.05, 0.1) is 0 Å². The molecule has 62 heavy (non-hydrogen) atoms. The lowest BCUT2D eigenvalue weighted by Crippen LogP contribution is -2.22. The van der Waals surface area contributed by atoms with E-state index in [1.807, 2.05) is 11.3 Å². The van der Waals surface area contributed by atoms with E-state index in [2.05, 4.69) is 234 Å². The number of fused-ring (bicyclic) bond motifs is 9. The summed E-state index contributed by atoms with van der Waals surface area (Å²) in [6.07, 6.45) is 0. The van der Waals surface area contributed by atoms with Gasteiger partial charge in [-0.3, -0.25) is 0 Å². The van der Waals surface area contributed by atoms with Gasteiger partial charge in [-0.05, 0) is 121 Å². The molecule has 1 atom stereocenters. The van der Waals surface area contributed by atoms with E-state index >= 15 is 0 Å². The van der Waals surface area contributed by atoms with Crippen LogP contribution < -0.4 is 4.90 Å². The highest BCUT2D eigenvalue weighted by Gasteiger charge is 2.46. The summed E-state index contributed by atoms with van der Waals surface area (Å²) in [5.41, 5.74) is 23.0. The maximum Gasteiger partial charge on any atom is 0.0468 e. The first-order valence-electron chi connectivity index (χ1n) is 21.9. The molecule has 3 aliphatic carbocycles. The standard InChI is InChI=1S/C60H47NS/c1-58(2)49-28-15-12-25-44(49)46-33-31-42(36-52(46)58)61(43-32-34-47-45-26-13-16-29-50(45)59(3,4)53(47)37-43)41-24-18-21-39(35-41)57-55-54(56(62-57)38-19-8-6-9-20-38)48-27-14-17-30-51(48)60(55,5)40-22-10-7-11-23-40/h6-37H,1-5H3. The Labute approximate surface area is 369 Å². The van der Waals surface area contributed by atoms with Crippen LogP contribution in [0, 0.1) is 0 Å². The maximum atomic E-state index is 2.51. The molecule has 0 spiro atoms. The average Bonchev–Trinajstić information content (AvgIpc) is 3.98. The molecule has 0 aliphatic heterocycles. The van der Waals surface area contributed by atoms with Crippen molar-refractivity contribution in [2.24, 2.45) is 0 Å². The first-order valence-corrected chi connectivity index (χ1v) is 22.7. The molecule has 0 bridgehead atoms. The van der Waals surface area contributed by atoms with Crippen molar-refractivity contribution >= 4 is 28.4 Å². The second-order valence-electron chi connectivity index (χ2n) is 18.6. The van der Waals surface area contributed by atoms with E-state index in [-0.39, 0.29) is 16.2 Å². The predicted molar refractivity (Wildman–Crippen MR) is 262 cm³/mol. The summed E-state index contributed by atoms with van der Waals surface area (Å²) in [6.45, 7) is 12.0. The smallest absolute Gasteiger partial charge is 0.0468 e. The first-order chi connectivity index (χ1) is 30.2. The molecule has 9 aromatic rings. The van der Waals surface area contributed by atoms with E-state index in [1.54, 1.807) is 0 Å². The van der Waals surface area contributed by atoms with Crippen LogP contribution in [0.4, 0.5) is 17.1 Å². The Morgan fingerprint density at radius 1 is 0.355 bits per heavy atom. The monoisotopic (exact) mass is 813 g/mol. The van der Waals surface area contributed by atoms with E-state index in [0.717, 1.165) is 17.1 Å². The molecule has 0 saturated carbocycles. The molecule has 1 nitrogen and oxygen atoms in total. The summed E-state index contributed by atoms with van der Waals surface area (Å²) in [4.78, 5) is 5.16. The Hall–Kier alpha value is -6.74. The minimum Gasteiger partial charge on any atom is -0.310 e. The van der Waals surface area contributed by atoms with E-state index in [9.17, 15) is 0 Å². The van der Waals surface area contributed by atoms with Crippen LogP contribution in [-0.4, -0.2) is 0 Å². The van der Waals surface area contributed by atoms with Crippen molar-refractivity contribution in [3.63, 3.8) is 0 Å². The number of thiophene rings is 1. The molecule has 0 saturated heterocycles. The Morgan fingerprint density at radius 2 is 0.823 bits per heavy atom. The molecular weight excluding hydrogens is 767 g/mol. The van der Waals surface area contributed by atoms with Crippen LogP contribution in [-0.2, 0) is 16.2 Å². The third kappa shape index (κ3) is 5.14. The molecule has 2 heteroatoms. The fourth-order valence-electron chi connectivity index (χ4n) is 11.4. The molecule has 8 aromatic carbocycles. The van der Waals surface area contributed by atoms with Gasteiger partial charge >= 0.3 is 0 Å². The van der Waals surface area contributed by atoms with E-state index in [4.69, 9.17) is 0 Å². The molecule has 12 rings (SSSR count). The van der Waals surface area contributed by atoms with E-state index in [1.165, 1.54) is 93.2 Å². The van der Waals surface area contributed by atoms with Gasteiger partial charge in [-0.1, -0.05) is 185 Å². The van der Waals surface area contributed by atoms with Gasteiger partial charge in [0.25, 0.3) is 0 Å². The van der Waals surface area contributed by atoms with Gasteiger partial charge in [0.15, 0.2) is 0 Å². The molecule has 0 amide bonds. The number of hydrogen-bond acceptors (Lipinski definition) is 2. The third-order valence-corrected chi connectivity index (χ3v) is 15.8. The Bertz CT molecular complexity index is 3150. The van der Waals surface area contributed by atoms with Gasteiger partial charge < -0.3 is 4.90 Å². The van der Waals surface area contributed by atoms with Crippen molar-refractivity contribution in [2.45, 2.75) is 50.9 Å². The van der Waals surface area contributed by atoms with Gasteiger partial charge in [0.2, 0.25) is 0 Å². The summed E-state index contributed by atoms with van der Waals surface area (Å²) in [5, 5.41) is 0. The minimum atomic E-state index is -0.344. The van der Waals surface area contributed by atoms with Crippen LogP contribution in [0.1, 0.15) is 73.6 Å². The van der Waals surface area contributed by atoms with Crippen molar-refractivity contribution < 1.29 is 0 Å². The maximum absolute atomic E-state index is 2.51. The molecule has 3 aliphatic rings. The van der Waals surface area contributed by atoms with Gasteiger partial charge in [-0.15, -0.1) is 11.3 Å². The molecule has 1 aromatic heterocycles. The van der Waals surface area contributed by atoms with Crippen molar-refractivity contribution in [3.8, 4) is 54.3 Å². The molecular formula is C60H47NS. The largest absolute Gasteiger partial charge is 0.310 e. The first kappa shape index (κ1) is 37.1. The molecule has 0 fully saturated rings. The lowest BCUT2D eigenvalue weighted by atomic mass is 9.73. The average molecular weight is 814 g/mol. The zero-order valence-corrected chi connectivity index (χ0v) is 36.6. The van der Waals surface area contributed by atoms with Crippen molar-refractivity contribution in [3.05, 3.63) is 233 Å². The van der Waals surface area contributed by atoms with Crippen molar-refractivity contribution in [1.82, 2.24) is 0 Å². The summed E-state index contributed by atoms with van der Waals surface area (Å²) in [5.74, 6) is 0. The second kappa shape index (κ2) is 13.4. The van der Waals surface area contributed by atoms with Gasteiger partial charge in [0.1, 0.15) is 0 Å². The normalized spacial score (nSPS) is 16.8. The lowest BCUT2D eigenvalue weighted by molar-refractivity contribution is 0.660. The van der Waals surface area contributed by atoms with Crippen LogP contribution in [0.2, 0.25) is 0 Å². The lowest BCUT2D eigenvalue weighted by Gasteiger charge is -2.30. The highest BCUT2D eigenvalue weighted by Crippen LogP contribution is 2.62. The van der Waals surface area contributed by atoms with Crippen LogP contribution in [0.3, 0.4) is 0 Å². The Morgan fingerprint density at radius 3 is 1.42 bits per heavy atom. The second-order valence-corrected chi connectivity index (χ2v) is 19.6. The van der Waals surface area contributed by atoms with Crippen LogP contribution in [0.15, 0.2) is 194 Å². The summed E-state index contributed by atoms with van der Waals surface area (Å²) < 4.78 is 0. The zero-order chi connectivity index (χ0) is 42.0. The molecule has 0 radical (unpaired) electrons. The summed E-state index contributed by atoms with van der Waals surface area (Å²) in [7, 11) is 0. The van der Waals surface area contributed by atoms with Crippen molar-refractivity contribution in [1.29, 1.82) is 0 Å². The van der Waals surface area contributed by atoms with E-state index < -0.39 is 0 Å². The fourth-order valence-corrected chi connectivity index (χ4v) is 12.8. The minimum absolute atomic E-state index is 0.126. The summed E-state index contributed by atoms with van der Waals surface area (Å²) >= 11 is 1.94. The van der Waals surface area contributed by atoms with Crippen LogP contribution >= 0.6 is 11.3 Å². The molecule has 0 N–H and O–H groups in total. The number of nitrogens with zero attached hydrogens (tertiary/aromatic N) is 1.